The lowest BCUT2D eigenvalue weighted by molar-refractivity contribution is -0.140. The third-order valence-corrected chi connectivity index (χ3v) is 3.35. The summed E-state index contributed by atoms with van der Waals surface area (Å²) in [4.78, 5) is 24.5. The van der Waals surface area contributed by atoms with Gasteiger partial charge in [-0.15, -0.1) is 0 Å². The second-order valence-electron chi connectivity index (χ2n) is 4.49. The molecule has 0 atom stereocenters. The van der Waals surface area contributed by atoms with E-state index < -0.39 is 5.54 Å². The van der Waals surface area contributed by atoms with Crippen LogP contribution in [0.2, 0.25) is 0 Å². The van der Waals surface area contributed by atoms with Crippen molar-refractivity contribution < 1.29 is 9.53 Å². The highest BCUT2D eigenvalue weighted by atomic mass is 16.6. The average molecular weight is 231 g/mol. The maximum Gasteiger partial charge on any atom is 0.340 e. The van der Waals surface area contributed by atoms with E-state index in [-0.39, 0.29) is 5.97 Å². The number of esters is 1. The summed E-state index contributed by atoms with van der Waals surface area (Å²) in [5.74, 6) is 0.0999. The van der Waals surface area contributed by atoms with E-state index >= 15 is 0 Å². The van der Waals surface area contributed by atoms with Crippen LogP contribution in [0.5, 0.6) is 0 Å². The molecular weight excluding hydrogens is 218 g/mol. The molecule has 5 nitrogen and oxygen atoms in total. The largest absolute Gasteiger partial charge is 0.404 e. The van der Waals surface area contributed by atoms with E-state index in [4.69, 9.17) is 4.74 Å². The Hall–Kier alpha value is -1.78. The first-order valence-electron chi connectivity index (χ1n) is 5.89. The maximum absolute atomic E-state index is 11.9. The van der Waals surface area contributed by atoms with Crippen molar-refractivity contribution in [2.75, 3.05) is 0 Å². The molecule has 0 saturated heterocycles. The number of aromatic nitrogens is 2. The number of nitrogens with zero attached hydrogens (tertiary/aromatic N) is 3. The lowest BCUT2D eigenvalue weighted by Gasteiger charge is -2.25. The van der Waals surface area contributed by atoms with Crippen molar-refractivity contribution in [3.63, 3.8) is 0 Å². The molecule has 3 rings (SSSR count). The molecule has 1 saturated carbocycles. The molecule has 5 heteroatoms. The first-order valence-corrected chi connectivity index (χ1v) is 5.89. The van der Waals surface area contributed by atoms with Crippen LogP contribution >= 0.6 is 0 Å². The number of rotatable bonds is 1. The molecule has 0 N–H and O–H groups in total. The maximum atomic E-state index is 11.9. The molecule has 1 aromatic rings. The number of ether oxygens (including phenoxy) is 1. The first-order chi connectivity index (χ1) is 8.30. The summed E-state index contributed by atoms with van der Waals surface area (Å²) in [5.41, 5.74) is -0.103. The number of carbonyl (C=O) groups is 1. The number of cyclic esters (lactones) is 1. The van der Waals surface area contributed by atoms with Crippen LogP contribution in [0, 0.1) is 0 Å². The van der Waals surface area contributed by atoms with Gasteiger partial charge in [0.25, 0.3) is 0 Å². The third-order valence-electron chi connectivity index (χ3n) is 3.35. The summed E-state index contributed by atoms with van der Waals surface area (Å²) in [7, 11) is 0. The van der Waals surface area contributed by atoms with Crippen LogP contribution in [-0.2, 0) is 9.53 Å². The Morgan fingerprint density at radius 1 is 1.18 bits per heavy atom. The zero-order valence-corrected chi connectivity index (χ0v) is 9.43. The highest BCUT2D eigenvalue weighted by Crippen LogP contribution is 2.36. The summed E-state index contributed by atoms with van der Waals surface area (Å²) in [6.07, 6.45) is 9.53. The summed E-state index contributed by atoms with van der Waals surface area (Å²) < 4.78 is 5.25. The molecule has 2 aliphatic rings. The molecule has 0 aromatic carbocycles. The topological polar surface area (TPSA) is 64.4 Å². The molecule has 0 unspecified atom stereocenters. The van der Waals surface area contributed by atoms with Gasteiger partial charge in [0.1, 0.15) is 5.69 Å². The van der Waals surface area contributed by atoms with E-state index in [0.717, 1.165) is 25.7 Å². The molecule has 2 heterocycles. The number of carbonyl (C=O) groups excluding carboxylic acids is 1. The van der Waals surface area contributed by atoms with Gasteiger partial charge in [0.15, 0.2) is 5.54 Å². The fourth-order valence-corrected chi connectivity index (χ4v) is 2.42. The van der Waals surface area contributed by atoms with Crippen molar-refractivity contribution in [2.24, 2.45) is 4.99 Å². The Morgan fingerprint density at radius 2 is 2.00 bits per heavy atom. The fraction of sp³-hybridized carbons (Fsp3) is 0.500. The van der Waals surface area contributed by atoms with Gasteiger partial charge in [-0.1, -0.05) is 19.3 Å². The van der Waals surface area contributed by atoms with Crippen molar-refractivity contribution in [2.45, 2.75) is 37.6 Å². The Morgan fingerprint density at radius 3 is 2.71 bits per heavy atom. The van der Waals surface area contributed by atoms with E-state index in [9.17, 15) is 4.79 Å². The smallest absolute Gasteiger partial charge is 0.340 e. The van der Waals surface area contributed by atoms with Crippen LogP contribution in [0.25, 0.3) is 0 Å². The predicted octanol–water partition coefficient (Wildman–Crippen LogP) is 1.48. The molecule has 1 fully saturated rings. The monoisotopic (exact) mass is 231 g/mol. The number of hydrogen-bond acceptors (Lipinski definition) is 5. The zero-order chi connectivity index (χ0) is 11.7. The van der Waals surface area contributed by atoms with Crippen molar-refractivity contribution in [3.05, 3.63) is 24.3 Å². The van der Waals surface area contributed by atoms with Crippen molar-refractivity contribution in [1.29, 1.82) is 0 Å². The van der Waals surface area contributed by atoms with Gasteiger partial charge < -0.3 is 4.74 Å². The van der Waals surface area contributed by atoms with E-state index in [2.05, 4.69) is 15.0 Å². The summed E-state index contributed by atoms with van der Waals surface area (Å²) in [6, 6.07) is 0. The van der Waals surface area contributed by atoms with Gasteiger partial charge in [-0.3, -0.25) is 4.98 Å². The molecule has 88 valence electrons. The average Bonchev–Trinajstić information content (AvgIpc) is 2.69. The van der Waals surface area contributed by atoms with Gasteiger partial charge in [-0.25, -0.2) is 14.8 Å². The summed E-state index contributed by atoms with van der Waals surface area (Å²) in [5, 5.41) is 0. The molecule has 17 heavy (non-hydrogen) atoms. The van der Waals surface area contributed by atoms with Crippen LogP contribution in [-0.4, -0.2) is 27.4 Å². The SMILES string of the molecule is O=C1OC(c2cnccn2)=NC12CCCCC2. The Labute approximate surface area is 98.9 Å². The molecular formula is C12H13N3O2. The molecule has 0 amide bonds. The molecule has 1 spiro atoms. The van der Waals surface area contributed by atoms with E-state index in [0.29, 0.717) is 11.6 Å². The number of hydrogen-bond donors (Lipinski definition) is 0. The Bertz CT molecular complexity index is 464. The second-order valence-corrected chi connectivity index (χ2v) is 4.49. The highest BCUT2D eigenvalue weighted by molar-refractivity contribution is 6.06. The summed E-state index contributed by atoms with van der Waals surface area (Å²) >= 11 is 0. The number of aliphatic imine (C=N–C) groups is 1. The highest BCUT2D eigenvalue weighted by Gasteiger charge is 2.46. The van der Waals surface area contributed by atoms with Crippen LogP contribution in [0.15, 0.2) is 23.6 Å². The lowest BCUT2D eigenvalue weighted by Crippen LogP contribution is -2.35. The molecule has 1 aromatic heterocycles. The molecule has 0 radical (unpaired) electrons. The Balaban J connectivity index is 1.94. The molecule has 1 aliphatic heterocycles. The van der Waals surface area contributed by atoms with E-state index in [1.807, 2.05) is 0 Å². The normalized spacial score (nSPS) is 22.4. The minimum Gasteiger partial charge on any atom is -0.404 e. The van der Waals surface area contributed by atoms with Gasteiger partial charge in [-0.05, 0) is 12.8 Å². The second kappa shape index (κ2) is 3.91. The van der Waals surface area contributed by atoms with Gasteiger partial charge in [0.05, 0.1) is 6.20 Å². The van der Waals surface area contributed by atoms with E-state index in [1.54, 1.807) is 18.6 Å². The summed E-state index contributed by atoms with van der Waals surface area (Å²) in [6.45, 7) is 0. The molecule has 0 bridgehead atoms. The van der Waals surface area contributed by atoms with Crippen molar-refractivity contribution >= 4 is 11.9 Å². The third kappa shape index (κ3) is 1.71. The predicted molar refractivity (Wildman–Crippen MR) is 60.5 cm³/mol. The van der Waals surface area contributed by atoms with Crippen LogP contribution < -0.4 is 0 Å². The van der Waals surface area contributed by atoms with Gasteiger partial charge in [0.2, 0.25) is 5.90 Å². The minimum absolute atomic E-state index is 0.224. The molecule has 1 aliphatic carbocycles. The first kappa shape index (κ1) is 10.4. The van der Waals surface area contributed by atoms with Crippen LogP contribution in [0.1, 0.15) is 37.8 Å². The van der Waals surface area contributed by atoms with Gasteiger partial charge >= 0.3 is 5.97 Å². The quantitative estimate of drug-likeness (QED) is 0.687. The Kier molecular flexibility index (Phi) is 2.39. The van der Waals surface area contributed by atoms with Crippen molar-refractivity contribution in [3.8, 4) is 0 Å². The van der Waals surface area contributed by atoms with Crippen LogP contribution in [0.4, 0.5) is 0 Å². The van der Waals surface area contributed by atoms with Gasteiger partial charge in [0, 0.05) is 12.4 Å². The van der Waals surface area contributed by atoms with Crippen LogP contribution in [0.3, 0.4) is 0 Å². The fourth-order valence-electron chi connectivity index (χ4n) is 2.42. The zero-order valence-electron chi connectivity index (χ0n) is 9.43. The standard InChI is InChI=1S/C12H13N3O2/c16-11-12(4-2-1-3-5-12)15-10(17-11)9-8-13-6-7-14-9/h6-8H,1-5H2. The van der Waals surface area contributed by atoms with Gasteiger partial charge in [-0.2, -0.15) is 0 Å². The lowest BCUT2D eigenvalue weighted by atomic mass is 9.83. The minimum atomic E-state index is -0.634. The van der Waals surface area contributed by atoms with E-state index in [1.165, 1.54) is 6.42 Å². The van der Waals surface area contributed by atoms with Crippen molar-refractivity contribution in [1.82, 2.24) is 9.97 Å².